The Labute approximate surface area is 176 Å². The van der Waals surface area contributed by atoms with E-state index in [-0.39, 0.29) is 11.8 Å². The first-order chi connectivity index (χ1) is 14.6. The molecule has 2 aromatic carbocycles. The predicted octanol–water partition coefficient (Wildman–Crippen LogP) is 4.54. The molecule has 0 radical (unpaired) electrons. The maximum absolute atomic E-state index is 13.0. The number of piperidine rings is 1. The molecule has 5 rings (SSSR count). The zero-order valence-electron chi connectivity index (χ0n) is 17.1. The average Bonchev–Trinajstić information content (AvgIpc) is 3.26. The molecule has 1 fully saturated rings. The highest BCUT2D eigenvalue weighted by molar-refractivity contribution is 6.35. The Bertz CT molecular complexity index is 1170. The van der Waals surface area contributed by atoms with Gasteiger partial charge in [-0.25, -0.2) is 0 Å². The lowest BCUT2D eigenvalue weighted by atomic mass is 10.0. The van der Waals surface area contributed by atoms with Gasteiger partial charge in [0.1, 0.15) is 6.54 Å². The molecule has 1 aromatic heterocycles. The highest BCUT2D eigenvalue weighted by atomic mass is 16.2. The van der Waals surface area contributed by atoms with Crippen LogP contribution in [0.4, 0.5) is 5.69 Å². The standard InChI is InChI=1S/C25H25N3O2/c1-17-8-6-7-13-28(17)24(29)16-27-15-18(19-9-3-5-12-23(19)27)14-21-20-10-2-4-11-22(20)26-25(21)30/h2-5,9-12,14-15,17H,6-8,13,16H2,1H3,(H,26,30)/b21-14+/t17-/m0/s1. The lowest BCUT2D eigenvalue weighted by Gasteiger charge is -2.33. The minimum absolute atomic E-state index is 0.0914. The number of aromatic nitrogens is 1. The third-order valence-electron chi connectivity index (χ3n) is 6.26. The number of hydrogen-bond acceptors (Lipinski definition) is 2. The van der Waals surface area contributed by atoms with Crippen molar-refractivity contribution >= 4 is 40.1 Å². The van der Waals surface area contributed by atoms with Crippen LogP contribution in [0.5, 0.6) is 0 Å². The number of amides is 2. The molecule has 0 unspecified atom stereocenters. The van der Waals surface area contributed by atoms with E-state index in [1.807, 2.05) is 70.3 Å². The van der Waals surface area contributed by atoms with Gasteiger partial charge in [-0.05, 0) is 44.4 Å². The molecule has 2 aliphatic heterocycles. The number of anilines is 1. The second-order valence-corrected chi connectivity index (χ2v) is 8.22. The van der Waals surface area contributed by atoms with Gasteiger partial charge in [0, 0.05) is 52.1 Å². The van der Waals surface area contributed by atoms with Gasteiger partial charge in [0.15, 0.2) is 0 Å². The summed E-state index contributed by atoms with van der Waals surface area (Å²) in [4.78, 5) is 27.6. The minimum Gasteiger partial charge on any atom is -0.338 e. The summed E-state index contributed by atoms with van der Waals surface area (Å²) < 4.78 is 2.02. The summed E-state index contributed by atoms with van der Waals surface area (Å²) in [5, 5.41) is 3.97. The minimum atomic E-state index is -0.0914. The quantitative estimate of drug-likeness (QED) is 0.658. The van der Waals surface area contributed by atoms with Crippen LogP contribution in [0.1, 0.15) is 37.3 Å². The van der Waals surface area contributed by atoms with Gasteiger partial charge in [-0.15, -0.1) is 0 Å². The highest BCUT2D eigenvalue weighted by Crippen LogP contribution is 2.34. The number of benzene rings is 2. The van der Waals surface area contributed by atoms with Crippen molar-refractivity contribution in [2.75, 3.05) is 11.9 Å². The first-order valence-corrected chi connectivity index (χ1v) is 10.6. The van der Waals surface area contributed by atoms with E-state index >= 15 is 0 Å². The van der Waals surface area contributed by atoms with Crippen molar-refractivity contribution in [3.8, 4) is 0 Å². The van der Waals surface area contributed by atoms with Crippen LogP contribution in [0.2, 0.25) is 0 Å². The van der Waals surface area contributed by atoms with Crippen LogP contribution in [-0.2, 0) is 16.1 Å². The molecule has 0 bridgehead atoms. The summed E-state index contributed by atoms with van der Waals surface area (Å²) in [6.45, 7) is 3.29. The van der Waals surface area contributed by atoms with Crippen LogP contribution < -0.4 is 5.32 Å². The number of rotatable bonds is 3. The van der Waals surface area contributed by atoms with E-state index in [2.05, 4.69) is 12.2 Å². The van der Waals surface area contributed by atoms with Crippen molar-refractivity contribution in [2.45, 2.75) is 38.8 Å². The molecule has 1 N–H and O–H groups in total. The molecule has 1 saturated heterocycles. The highest BCUT2D eigenvalue weighted by Gasteiger charge is 2.25. The first kappa shape index (κ1) is 18.7. The molecular formula is C25H25N3O2. The summed E-state index contributed by atoms with van der Waals surface area (Å²) in [6, 6.07) is 16.1. The van der Waals surface area contributed by atoms with E-state index in [4.69, 9.17) is 0 Å². The van der Waals surface area contributed by atoms with Gasteiger partial charge in [0.2, 0.25) is 5.91 Å². The zero-order chi connectivity index (χ0) is 20.7. The largest absolute Gasteiger partial charge is 0.338 e. The van der Waals surface area contributed by atoms with Gasteiger partial charge in [0.25, 0.3) is 5.91 Å². The van der Waals surface area contributed by atoms with E-state index in [1.165, 1.54) is 6.42 Å². The predicted molar refractivity (Wildman–Crippen MR) is 120 cm³/mol. The van der Waals surface area contributed by atoms with Crippen molar-refractivity contribution in [1.82, 2.24) is 9.47 Å². The second kappa shape index (κ2) is 7.48. The molecule has 3 heterocycles. The van der Waals surface area contributed by atoms with Gasteiger partial charge in [0.05, 0.1) is 0 Å². The van der Waals surface area contributed by atoms with Crippen molar-refractivity contribution in [3.05, 3.63) is 65.9 Å². The lowest BCUT2D eigenvalue weighted by molar-refractivity contribution is -0.135. The monoisotopic (exact) mass is 399 g/mol. The van der Waals surface area contributed by atoms with E-state index in [0.717, 1.165) is 47.1 Å². The molecular weight excluding hydrogens is 374 g/mol. The molecule has 1 atom stereocenters. The van der Waals surface area contributed by atoms with Crippen molar-refractivity contribution < 1.29 is 9.59 Å². The van der Waals surface area contributed by atoms with E-state index in [0.29, 0.717) is 18.2 Å². The fourth-order valence-corrected chi connectivity index (χ4v) is 4.66. The van der Waals surface area contributed by atoms with Crippen molar-refractivity contribution in [3.63, 3.8) is 0 Å². The van der Waals surface area contributed by atoms with Crippen LogP contribution in [0.3, 0.4) is 0 Å². The molecule has 5 nitrogen and oxygen atoms in total. The Kier molecular flexibility index (Phi) is 4.66. The van der Waals surface area contributed by atoms with Crippen LogP contribution in [-0.4, -0.2) is 33.9 Å². The Morgan fingerprint density at radius 3 is 2.80 bits per heavy atom. The third kappa shape index (κ3) is 3.20. The normalized spacial score (nSPS) is 19.9. The van der Waals surface area contributed by atoms with E-state index in [1.54, 1.807) is 0 Å². The lowest BCUT2D eigenvalue weighted by Crippen LogP contribution is -2.43. The van der Waals surface area contributed by atoms with E-state index in [9.17, 15) is 9.59 Å². The Morgan fingerprint density at radius 1 is 1.13 bits per heavy atom. The number of nitrogens with one attached hydrogen (secondary N) is 1. The summed E-state index contributed by atoms with van der Waals surface area (Å²) in [5.74, 6) is 0.0670. The molecule has 5 heteroatoms. The fourth-order valence-electron chi connectivity index (χ4n) is 4.66. The first-order valence-electron chi connectivity index (χ1n) is 10.6. The maximum Gasteiger partial charge on any atom is 0.256 e. The number of carbonyl (C=O) groups is 2. The average molecular weight is 399 g/mol. The number of para-hydroxylation sites is 2. The summed E-state index contributed by atoms with van der Waals surface area (Å²) in [5.41, 5.74) is 4.37. The van der Waals surface area contributed by atoms with Gasteiger partial charge in [-0.3, -0.25) is 9.59 Å². The Morgan fingerprint density at radius 2 is 1.93 bits per heavy atom. The topological polar surface area (TPSA) is 54.3 Å². The summed E-state index contributed by atoms with van der Waals surface area (Å²) in [7, 11) is 0. The smallest absolute Gasteiger partial charge is 0.256 e. The SMILES string of the molecule is C[C@H]1CCCCN1C(=O)Cn1cc(/C=C2/C(=O)Nc3ccccc32)c2ccccc21. The van der Waals surface area contributed by atoms with Gasteiger partial charge in [-0.1, -0.05) is 36.4 Å². The summed E-state index contributed by atoms with van der Waals surface area (Å²) >= 11 is 0. The van der Waals surface area contributed by atoms with Crippen LogP contribution in [0.25, 0.3) is 22.6 Å². The fraction of sp³-hybridized carbons (Fsp3) is 0.280. The van der Waals surface area contributed by atoms with Gasteiger partial charge in [-0.2, -0.15) is 0 Å². The molecule has 3 aromatic rings. The molecule has 30 heavy (non-hydrogen) atoms. The number of hydrogen-bond donors (Lipinski definition) is 1. The molecule has 2 amide bonds. The van der Waals surface area contributed by atoms with Crippen LogP contribution in [0.15, 0.2) is 54.7 Å². The van der Waals surface area contributed by atoms with Gasteiger partial charge < -0.3 is 14.8 Å². The van der Waals surface area contributed by atoms with Gasteiger partial charge >= 0.3 is 0 Å². The molecule has 0 aliphatic carbocycles. The number of nitrogens with zero attached hydrogens (tertiary/aromatic N) is 2. The Balaban J connectivity index is 1.52. The zero-order valence-corrected chi connectivity index (χ0v) is 17.1. The molecule has 0 spiro atoms. The third-order valence-corrected chi connectivity index (χ3v) is 6.26. The van der Waals surface area contributed by atoms with Crippen LogP contribution in [0, 0.1) is 0 Å². The molecule has 2 aliphatic rings. The van der Waals surface area contributed by atoms with Crippen molar-refractivity contribution in [1.29, 1.82) is 0 Å². The molecule has 152 valence electrons. The Hall–Kier alpha value is -3.34. The number of carbonyl (C=O) groups excluding carboxylic acids is 2. The maximum atomic E-state index is 13.0. The molecule has 0 saturated carbocycles. The van der Waals surface area contributed by atoms with Crippen LogP contribution >= 0.6 is 0 Å². The number of fused-ring (bicyclic) bond motifs is 2. The number of likely N-dealkylation sites (tertiary alicyclic amines) is 1. The van der Waals surface area contributed by atoms with Crippen molar-refractivity contribution in [2.24, 2.45) is 0 Å². The second-order valence-electron chi connectivity index (χ2n) is 8.22. The van der Waals surface area contributed by atoms with E-state index < -0.39 is 0 Å². The summed E-state index contributed by atoms with van der Waals surface area (Å²) in [6.07, 6.45) is 7.28.